The molecule has 0 aromatic carbocycles. The van der Waals surface area contributed by atoms with Crippen LogP contribution in [0.5, 0.6) is 0 Å². The summed E-state index contributed by atoms with van der Waals surface area (Å²) < 4.78 is 0. The molecule has 0 amide bonds. The molecule has 0 aliphatic carbocycles. The molecule has 0 saturated heterocycles. The van der Waals surface area contributed by atoms with Crippen molar-refractivity contribution in [1.29, 1.82) is 0 Å². The first-order valence-electron chi connectivity index (χ1n) is 8.25. The second-order valence-corrected chi connectivity index (χ2v) is 5.56. The molecule has 5 nitrogen and oxygen atoms in total. The number of hydrogen-bond donors (Lipinski definition) is 4. The zero-order valence-electron chi connectivity index (χ0n) is 13.8. The van der Waals surface area contributed by atoms with Gasteiger partial charge in [-0.15, -0.1) is 0 Å². The molecular formula is C18H30O5. The van der Waals surface area contributed by atoms with Crippen LogP contribution in [0.2, 0.25) is 0 Å². The molecule has 0 bridgehead atoms. The number of allylic oxidation sites excluding steroid dienone is 4. The van der Waals surface area contributed by atoms with Crippen molar-refractivity contribution in [2.24, 2.45) is 0 Å². The third-order valence-electron chi connectivity index (χ3n) is 3.36. The third kappa shape index (κ3) is 13.9. The van der Waals surface area contributed by atoms with Crippen LogP contribution < -0.4 is 0 Å². The highest BCUT2D eigenvalue weighted by atomic mass is 16.4. The van der Waals surface area contributed by atoms with Crippen LogP contribution in [0.15, 0.2) is 36.5 Å². The molecule has 4 N–H and O–H groups in total. The Hall–Kier alpha value is -1.43. The minimum atomic E-state index is -1.02. The Morgan fingerprint density at radius 2 is 1.57 bits per heavy atom. The van der Waals surface area contributed by atoms with Crippen LogP contribution in [0.25, 0.3) is 0 Å². The number of aliphatic hydroxyl groups is 3. The highest BCUT2D eigenvalue weighted by Gasteiger charge is 2.12. The molecular weight excluding hydrogens is 296 g/mol. The highest BCUT2D eigenvalue weighted by molar-refractivity contribution is 5.66. The van der Waals surface area contributed by atoms with E-state index in [1.54, 1.807) is 30.4 Å². The molecule has 0 aliphatic rings. The van der Waals surface area contributed by atoms with E-state index in [2.05, 4.69) is 6.92 Å². The summed E-state index contributed by atoms with van der Waals surface area (Å²) >= 11 is 0. The Balaban J connectivity index is 3.94. The molecule has 0 spiro atoms. The number of aliphatic hydroxyl groups excluding tert-OH is 3. The van der Waals surface area contributed by atoms with Gasteiger partial charge < -0.3 is 20.4 Å². The van der Waals surface area contributed by atoms with Crippen LogP contribution in [0.3, 0.4) is 0 Å². The molecule has 3 atom stereocenters. The molecule has 0 aliphatic heterocycles. The van der Waals surface area contributed by atoms with E-state index in [1.165, 1.54) is 6.08 Å². The Labute approximate surface area is 138 Å². The van der Waals surface area contributed by atoms with Gasteiger partial charge in [0, 0.05) is 6.42 Å². The van der Waals surface area contributed by atoms with E-state index in [4.69, 9.17) is 5.11 Å². The van der Waals surface area contributed by atoms with Crippen LogP contribution in [0, 0.1) is 0 Å². The fourth-order valence-corrected chi connectivity index (χ4v) is 1.96. The van der Waals surface area contributed by atoms with Crippen molar-refractivity contribution < 1.29 is 25.2 Å². The monoisotopic (exact) mass is 326 g/mol. The van der Waals surface area contributed by atoms with E-state index < -0.39 is 24.3 Å². The zero-order chi connectivity index (χ0) is 17.5. The number of aliphatic carboxylic acids is 1. The van der Waals surface area contributed by atoms with Crippen molar-refractivity contribution in [3.8, 4) is 0 Å². The Kier molecular flexibility index (Phi) is 13.3. The molecule has 0 rings (SSSR count). The van der Waals surface area contributed by atoms with Gasteiger partial charge in [0.25, 0.3) is 0 Å². The van der Waals surface area contributed by atoms with Crippen LogP contribution in [0.1, 0.15) is 51.9 Å². The lowest BCUT2D eigenvalue weighted by atomic mass is 10.1. The summed E-state index contributed by atoms with van der Waals surface area (Å²) in [5.41, 5.74) is 0. The topological polar surface area (TPSA) is 98.0 Å². The molecule has 0 unspecified atom stereocenters. The third-order valence-corrected chi connectivity index (χ3v) is 3.36. The summed E-state index contributed by atoms with van der Waals surface area (Å²) in [6, 6.07) is 0. The first-order valence-corrected chi connectivity index (χ1v) is 8.25. The van der Waals surface area contributed by atoms with Gasteiger partial charge in [-0.1, -0.05) is 62.6 Å². The summed E-state index contributed by atoms with van der Waals surface area (Å²) in [5.74, 6) is -0.908. The molecule has 0 aromatic rings. The quantitative estimate of drug-likeness (QED) is 0.308. The molecule has 0 radical (unpaired) electrons. The smallest absolute Gasteiger partial charge is 0.303 e. The van der Waals surface area contributed by atoms with E-state index in [0.717, 1.165) is 25.7 Å². The molecule has 132 valence electrons. The molecule has 0 heterocycles. The number of carboxylic acids is 1. The first-order chi connectivity index (χ1) is 11.0. The summed E-state index contributed by atoms with van der Waals surface area (Å²) in [5, 5.41) is 37.5. The van der Waals surface area contributed by atoms with Crippen LogP contribution in [-0.4, -0.2) is 44.7 Å². The van der Waals surface area contributed by atoms with Gasteiger partial charge >= 0.3 is 5.97 Å². The number of carboxylic acid groups (broad SMARTS) is 1. The van der Waals surface area contributed by atoms with Gasteiger partial charge in [-0.05, 0) is 19.3 Å². The molecule has 0 saturated carbocycles. The van der Waals surface area contributed by atoms with Gasteiger partial charge in [0.2, 0.25) is 0 Å². The summed E-state index contributed by atoms with van der Waals surface area (Å²) in [6.45, 7) is 2.12. The van der Waals surface area contributed by atoms with Crippen molar-refractivity contribution in [2.75, 3.05) is 0 Å². The van der Waals surface area contributed by atoms with Gasteiger partial charge in [-0.25, -0.2) is 0 Å². The van der Waals surface area contributed by atoms with E-state index in [0.29, 0.717) is 6.42 Å². The van der Waals surface area contributed by atoms with Crippen molar-refractivity contribution in [1.82, 2.24) is 0 Å². The maximum Gasteiger partial charge on any atom is 0.303 e. The largest absolute Gasteiger partial charge is 0.481 e. The van der Waals surface area contributed by atoms with Gasteiger partial charge in [-0.3, -0.25) is 4.79 Å². The van der Waals surface area contributed by atoms with E-state index in [9.17, 15) is 20.1 Å². The number of hydrogen-bond acceptors (Lipinski definition) is 4. The minimum Gasteiger partial charge on any atom is -0.481 e. The van der Waals surface area contributed by atoms with Gasteiger partial charge in [0.1, 0.15) is 0 Å². The highest BCUT2D eigenvalue weighted by Crippen LogP contribution is 2.07. The molecule has 0 fully saturated rings. The predicted octanol–water partition coefficient (Wildman–Crippen LogP) is 2.57. The fourth-order valence-electron chi connectivity index (χ4n) is 1.96. The SMILES string of the molecule is CCCCC[C@@H](O)\C=C/C=C/C=C/[C@@H](O)[C@@H](O)CCCC(=O)O. The maximum atomic E-state index is 10.4. The van der Waals surface area contributed by atoms with E-state index in [-0.39, 0.29) is 12.8 Å². The molecule has 0 aromatic heterocycles. The Bertz CT molecular complexity index is 387. The predicted molar refractivity (Wildman–Crippen MR) is 91.1 cm³/mol. The van der Waals surface area contributed by atoms with E-state index in [1.807, 2.05) is 0 Å². The van der Waals surface area contributed by atoms with Crippen molar-refractivity contribution in [3.63, 3.8) is 0 Å². The second kappa shape index (κ2) is 14.2. The lowest BCUT2D eigenvalue weighted by molar-refractivity contribution is -0.137. The summed E-state index contributed by atoms with van der Waals surface area (Å²) in [6.07, 6.45) is 12.1. The normalized spacial score (nSPS) is 16.3. The van der Waals surface area contributed by atoms with Crippen molar-refractivity contribution >= 4 is 5.97 Å². The first kappa shape index (κ1) is 21.6. The van der Waals surface area contributed by atoms with Gasteiger partial charge in [0.15, 0.2) is 0 Å². The van der Waals surface area contributed by atoms with Gasteiger partial charge in [0.05, 0.1) is 18.3 Å². The minimum absolute atomic E-state index is 0.0151. The lowest BCUT2D eigenvalue weighted by Gasteiger charge is -2.13. The summed E-state index contributed by atoms with van der Waals surface area (Å²) in [4.78, 5) is 10.4. The number of unbranched alkanes of at least 4 members (excludes halogenated alkanes) is 2. The molecule has 23 heavy (non-hydrogen) atoms. The number of carbonyl (C=O) groups is 1. The Morgan fingerprint density at radius 1 is 0.913 bits per heavy atom. The number of rotatable bonds is 13. The maximum absolute atomic E-state index is 10.4. The average molecular weight is 326 g/mol. The van der Waals surface area contributed by atoms with Crippen LogP contribution in [-0.2, 0) is 4.79 Å². The lowest BCUT2D eigenvalue weighted by Crippen LogP contribution is -2.23. The average Bonchev–Trinajstić information content (AvgIpc) is 2.50. The fraction of sp³-hybridized carbons (Fsp3) is 0.611. The van der Waals surface area contributed by atoms with E-state index >= 15 is 0 Å². The zero-order valence-corrected chi connectivity index (χ0v) is 13.8. The second-order valence-electron chi connectivity index (χ2n) is 5.56. The van der Waals surface area contributed by atoms with Crippen LogP contribution in [0.4, 0.5) is 0 Å². The molecule has 5 heteroatoms. The van der Waals surface area contributed by atoms with Crippen molar-refractivity contribution in [2.45, 2.75) is 70.2 Å². The Morgan fingerprint density at radius 3 is 2.17 bits per heavy atom. The van der Waals surface area contributed by atoms with Crippen molar-refractivity contribution in [3.05, 3.63) is 36.5 Å². The standard InChI is InChI=1S/C18H30O5/c1-2-3-6-10-15(19)11-7-4-5-8-12-16(20)17(21)13-9-14-18(22)23/h4-5,7-8,11-12,15-17,19-21H,2-3,6,9-10,13-14H2,1H3,(H,22,23)/b5-4+,11-7-,12-8+/t15-,16-,17+/m1/s1. The summed E-state index contributed by atoms with van der Waals surface area (Å²) in [7, 11) is 0. The van der Waals surface area contributed by atoms with Gasteiger partial charge in [-0.2, -0.15) is 0 Å². The van der Waals surface area contributed by atoms with Crippen LogP contribution >= 0.6 is 0 Å².